The van der Waals surface area contributed by atoms with Gasteiger partial charge in [0.2, 0.25) is 0 Å². The average molecular weight is 362 g/mol. The van der Waals surface area contributed by atoms with Crippen LogP contribution < -0.4 is 4.74 Å². The molecule has 4 nitrogen and oxygen atoms in total. The molecular formula is C13H15F5O4S. The Kier molecular flexibility index (Phi) is 4.75. The van der Waals surface area contributed by atoms with Gasteiger partial charge in [-0.25, -0.2) is 4.79 Å². The number of aliphatic hydroxyl groups is 1. The Labute approximate surface area is 129 Å². The fraction of sp³-hybridized carbons (Fsp3) is 0.308. The molecule has 132 valence electrons. The summed E-state index contributed by atoms with van der Waals surface area (Å²) in [5.41, 5.74) is 0.129. The van der Waals surface area contributed by atoms with E-state index < -0.39 is 40.4 Å². The number of aliphatic hydroxyl groups excluding tert-OH is 1. The topological polar surface area (TPSA) is 55.8 Å². The van der Waals surface area contributed by atoms with Gasteiger partial charge in [0.05, 0.1) is 0 Å². The standard InChI is InChI=1S/C13H15F5O4S/c1-9(2)13(20)22-8-10(19)7-21-11-3-5-12(6-4-11)23(14,15,16,17)18/h3-6,10,19H,1,7-8H2,2H3. The molecule has 0 heterocycles. The summed E-state index contributed by atoms with van der Waals surface area (Å²) in [6.45, 7) is 3.93. The molecule has 1 N–H and O–H groups in total. The summed E-state index contributed by atoms with van der Waals surface area (Å²) in [5.74, 6) is -0.870. The van der Waals surface area contributed by atoms with Crippen LogP contribution in [0.1, 0.15) is 6.92 Å². The monoisotopic (exact) mass is 362 g/mol. The van der Waals surface area contributed by atoms with Gasteiger partial charge in [-0.1, -0.05) is 26.0 Å². The number of hydrogen-bond donors (Lipinski definition) is 1. The minimum atomic E-state index is -9.71. The highest BCUT2D eigenvalue weighted by Crippen LogP contribution is 3.02. The maximum atomic E-state index is 12.5. The first-order valence-electron chi connectivity index (χ1n) is 6.16. The smallest absolute Gasteiger partial charge is 0.333 e. The lowest BCUT2D eigenvalue weighted by Crippen LogP contribution is -2.25. The zero-order valence-corrected chi connectivity index (χ0v) is 12.8. The van der Waals surface area contributed by atoms with Crippen LogP contribution in [0.4, 0.5) is 19.4 Å². The summed E-state index contributed by atoms with van der Waals surface area (Å²) in [6.07, 6.45) is -1.24. The maximum Gasteiger partial charge on any atom is 0.333 e. The molecule has 0 aliphatic rings. The molecule has 0 saturated heterocycles. The number of carbonyl (C=O) groups excluding carboxylic acids is 1. The molecule has 0 saturated carbocycles. The van der Waals surface area contributed by atoms with E-state index in [9.17, 15) is 29.3 Å². The largest absolute Gasteiger partial charge is 0.491 e. The first-order chi connectivity index (χ1) is 10.2. The van der Waals surface area contributed by atoms with E-state index in [1.54, 1.807) is 0 Å². The summed E-state index contributed by atoms with van der Waals surface area (Å²) in [5, 5.41) is 9.48. The molecule has 0 bridgehead atoms. The van der Waals surface area contributed by atoms with Crippen molar-refractivity contribution < 1.29 is 38.8 Å². The van der Waals surface area contributed by atoms with Crippen LogP contribution in [0.2, 0.25) is 0 Å². The van der Waals surface area contributed by atoms with Crippen LogP contribution in [0.3, 0.4) is 0 Å². The van der Waals surface area contributed by atoms with Crippen molar-refractivity contribution in [3.8, 4) is 5.75 Å². The third-order valence-corrected chi connectivity index (χ3v) is 3.63. The van der Waals surface area contributed by atoms with E-state index in [0.717, 1.165) is 0 Å². The van der Waals surface area contributed by atoms with Crippen LogP contribution in [0.5, 0.6) is 5.75 Å². The molecule has 23 heavy (non-hydrogen) atoms. The van der Waals surface area contributed by atoms with E-state index in [4.69, 9.17) is 4.74 Å². The van der Waals surface area contributed by atoms with Gasteiger partial charge < -0.3 is 14.6 Å². The predicted octanol–water partition coefficient (Wildman–Crippen LogP) is 4.20. The second-order valence-corrected chi connectivity index (χ2v) is 7.19. The van der Waals surface area contributed by atoms with E-state index >= 15 is 0 Å². The van der Waals surface area contributed by atoms with Gasteiger partial charge in [0.25, 0.3) is 0 Å². The molecule has 1 rings (SSSR count). The Morgan fingerprint density at radius 3 is 2.13 bits per heavy atom. The predicted molar refractivity (Wildman–Crippen MR) is 75.1 cm³/mol. The summed E-state index contributed by atoms with van der Waals surface area (Å²) < 4.78 is 72.1. The third kappa shape index (κ3) is 6.45. The molecule has 1 aromatic rings. The van der Waals surface area contributed by atoms with Crippen LogP contribution >= 0.6 is 10.2 Å². The van der Waals surface area contributed by atoms with Gasteiger partial charge in [-0.05, 0) is 31.2 Å². The zero-order valence-electron chi connectivity index (χ0n) is 12.0. The fourth-order valence-electron chi connectivity index (χ4n) is 1.33. The number of hydrogen-bond acceptors (Lipinski definition) is 4. The van der Waals surface area contributed by atoms with Gasteiger partial charge in [0.1, 0.15) is 30.0 Å². The Morgan fingerprint density at radius 1 is 1.17 bits per heavy atom. The van der Waals surface area contributed by atoms with Gasteiger partial charge in [-0.3, -0.25) is 0 Å². The second-order valence-electron chi connectivity index (χ2n) is 4.78. The lowest BCUT2D eigenvalue weighted by atomic mass is 10.3. The average Bonchev–Trinajstić information content (AvgIpc) is 2.40. The van der Waals surface area contributed by atoms with Gasteiger partial charge >= 0.3 is 16.2 Å². The lowest BCUT2D eigenvalue weighted by molar-refractivity contribution is -0.142. The number of esters is 1. The van der Waals surface area contributed by atoms with Crippen molar-refractivity contribution in [3.63, 3.8) is 0 Å². The summed E-state index contributed by atoms with van der Waals surface area (Å²) in [4.78, 5) is 9.03. The zero-order chi connectivity index (χ0) is 18.0. The van der Waals surface area contributed by atoms with E-state index in [1.165, 1.54) is 6.92 Å². The Morgan fingerprint density at radius 2 is 1.70 bits per heavy atom. The normalized spacial score (nSPS) is 16.0. The van der Waals surface area contributed by atoms with E-state index in [1.807, 2.05) is 0 Å². The second kappa shape index (κ2) is 5.68. The number of halogens is 5. The highest BCUT2D eigenvalue weighted by Gasteiger charge is 2.65. The van der Waals surface area contributed by atoms with Crippen LogP contribution in [-0.2, 0) is 9.53 Å². The van der Waals surface area contributed by atoms with E-state index in [0.29, 0.717) is 12.1 Å². The molecular weight excluding hydrogens is 347 g/mol. The lowest BCUT2D eigenvalue weighted by Gasteiger charge is -2.40. The molecule has 10 heteroatoms. The van der Waals surface area contributed by atoms with Crippen LogP contribution in [0, 0.1) is 0 Å². The minimum absolute atomic E-state index is 0.129. The SMILES string of the molecule is C=C(C)C(=O)OCC(O)COc1ccc(S(F)(F)(F)(F)F)cc1. The van der Waals surface area contributed by atoms with Gasteiger partial charge in [0.15, 0.2) is 0 Å². The highest BCUT2D eigenvalue weighted by atomic mass is 32.5. The van der Waals surface area contributed by atoms with E-state index in [-0.39, 0.29) is 23.5 Å². The fourth-order valence-corrected chi connectivity index (χ4v) is 1.98. The number of benzene rings is 1. The van der Waals surface area contributed by atoms with Crippen molar-refractivity contribution in [2.45, 2.75) is 17.9 Å². The van der Waals surface area contributed by atoms with Gasteiger partial charge in [0, 0.05) is 5.57 Å². The quantitative estimate of drug-likeness (QED) is 0.449. The number of carbonyl (C=O) groups is 1. The van der Waals surface area contributed by atoms with Crippen LogP contribution in [0.25, 0.3) is 0 Å². The van der Waals surface area contributed by atoms with Crippen molar-refractivity contribution in [1.29, 1.82) is 0 Å². The Balaban J connectivity index is 2.57. The number of rotatable bonds is 7. The first kappa shape index (κ1) is 19.2. The highest BCUT2D eigenvalue weighted by molar-refractivity contribution is 8.45. The Hall–Kier alpha value is -1.81. The molecule has 0 radical (unpaired) electrons. The van der Waals surface area contributed by atoms with Gasteiger partial charge in [-0.2, -0.15) is 0 Å². The number of ether oxygens (including phenoxy) is 2. The molecule has 0 aromatic heterocycles. The summed E-state index contributed by atoms with van der Waals surface area (Å²) in [7, 11) is -9.71. The molecule has 1 unspecified atom stereocenters. The molecule has 1 atom stereocenters. The van der Waals surface area contributed by atoms with Crippen molar-refractivity contribution >= 4 is 16.2 Å². The summed E-state index contributed by atoms with van der Waals surface area (Å²) in [6, 6.07) is 1.81. The molecule has 0 aliphatic heterocycles. The Bertz CT molecular complexity index is 597. The van der Waals surface area contributed by atoms with Crippen molar-refractivity contribution in [3.05, 3.63) is 36.4 Å². The van der Waals surface area contributed by atoms with E-state index in [2.05, 4.69) is 11.3 Å². The molecule has 0 amide bonds. The molecule has 0 spiro atoms. The van der Waals surface area contributed by atoms with Gasteiger partial charge in [-0.15, -0.1) is 0 Å². The molecule has 0 fully saturated rings. The molecule has 1 aromatic carbocycles. The third-order valence-electron chi connectivity index (χ3n) is 2.47. The van der Waals surface area contributed by atoms with Crippen molar-refractivity contribution in [2.24, 2.45) is 0 Å². The van der Waals surface area contributed by atoms with Crippen molar-refractivity contribution in [1.82, 2.24) is 0 Å². The minimum Gasteiger partial charge on any atom is -0.491 e. The van der Waals surface area contributed by atoms with Crippen LogP contribution in [0.15, 0.2) is 41.3 Å². The van der Waals surface area contributed by atoms with Crippen molar-refractivity contribution in [2.75, 3.05) is 13.2 Å². The van der Waals surface area contributed by atoms with Crippen LogP contribution in [-0.4, -0.2) is 30.4 Å². The maximum absolute atomic E-state index is 12.5. The molecule has 0 aliphatic carbocycles. The first-order valence-corrected chi connectivity index (χ1v) is 8.12. The summed E-state index contributed by atoms with van der Waals surface area (Å²) >= 11 is 0.